The molecule has 21 heavy (non-hydrogen) atoms. The Bertz CT molecular complexity index is 640. The molecule has 1 aromatic heterocycles. The van der Waals surface area contributed by atoms with Crippen LogP contribution >= 0.6 is 0 Å². The lowest BCUT2D eigenvalue weighted by Gasteiger charge is -2.10. The number of amides is 1. The molecule has 1 aromatic carbocycles. The van der Waals surface area contributed by atoms with Gasteiger partial charge in [-0.3, -0.25) is 15.6 Å². The van der Waals surface area contributed by atoms with Crippen LogP contribution < -0.4 is 16.6 Å². The van der Waals surface area contributed by atoms with E-state index in [1.807, 2.05) is 25.1 Å². The second kappa shape index (κ2) is 6.85. The molecular formula is C16H20N4O. The minimum Gasteiger partial charge on any atom is -0.346 e. The Morgan fingerprint density at radius 2 is 2.14 bits per heavy atom. The molecule has 0 spiro atoms. The number of nitrogen functional groups attached to an aromatic ring is 1. The van der Waals surface area contributed by atoms with Crippen molar-refractivity contribution in [2.45, 2.75) is 26.8 Å². The fourth-order valence-electron chi connectivity index (χ4n) is 2.22. The molecule has 0 aliphatic rings. The number of nitrogens with one attached hydrogen (secondary N) is 2. The second-order valence-electron chi connectivity index (χ2n) is 4.82. The monoisotopic (exact) mass is 284 g/mol. The molecule has 0 fully saturated rings. The van der Waals surface area contributed by atoms with Crippen LogP contribution in [0, 0.1) is 6.92 Å². The van der Waals surface area contributed by atoms with E-state index >= 15 is 0 Å². The van der Waals surface area contributed by atoms with E-state index in [0.29, 0.717) is 12.1 Å². The largest absolute Gasteiger partial charge is 0.346 e. The quantitative estimate of drug-likeness (QED) is 0.580. The number of nitrogens with zero attached hydrogens (tertiary/aromatic N) is 1. The molecule has 2 aromatic rings. The third-order valence-electron chi connectivity index (χ3n) is 3.42. The molecule has 1 heterocycles. The molecule has 5 nitrogen and oxygen atoms in total. The van der Waals surface area contributed by atoms with Crippen LogP contribution in [-0.4, -0.2) is 10.9 Å². The molecule has 0 unspecified atom stereocenters. The molecule has 0 saturated carbocycles. The SMILES string of the molecule is CCc1cccnc1CNC(=O)c1ccc(NN)cc1C. The smallest absolute Gasteiger partial charge is 0.251 e. The zero-order valence-corrected chi connectivity index (χ0v) is 12.3. The highest BCUT2D eigenvalue weighted by molar-refractivity contribution is 5.96. The lowest BCUT2D eigenvalue weighted by atomic mass is 10.1. The van der Waals surface area contributed by atoms with Crippen molar-refractivity contribution in [1.29, 1.82) is 0 Å². The van der Waals surface area contributed by atoms with Gasteiger partial charge in [0.25, 0.3) is 5.91 Å². The maximum absolute atomic E-state index is 12.2. The summed E-state index contributed by atoms with van der Waals surface area (Å²) in [4.78, 5) is 16.6. The summed E-state index contributed by atoms with van der Waals surface area (Å²) in [6, 6.07) is 9.32. The standard InChI is InChI=1S/C16H20N4O/c1-3-12-5-4-8-18-15(12)10-19-16(21)14-7-6-13(20-17)9-11(14)2/h4-9,20H,3,10,17H2,1-2H3,(H,19,21). The van der Waals surface area contributed by atoms with Crippen LogP contribution in [0.3, 0.4) is 0 Å². The molecule has 0 radical (unpaired) electrons. The van der Waals surface area contributed by atoms with Crippen molar-refractivity contribution in [3.05, 3.63) is 58.9 Å². The lowest BCUT2D eigenvalue weighted by Crippen LogP contribution is -2.24. The van der Waals surface area contributed by atoms with E-state index in [1.54, 1.807) is 18.3 Å². The third-order valence-corrected chi connectivity index (χ3v) is 3.42. The number of aromatic nitrogens is 1. The van der Waals surface area contributed by atoms with Crippen LogP contribution in [0.2, 0.25) is 0 Å². The number of anilines is 1. The van der Waals surface area contributed by atoms with Gasteiger partial charge in [-0.25, -0.2) is 0 Å². The molecule has 0 aliphatic carbocycles. The Balaban J connectivity index is 2.08. The maximum atomic E-state index is 12.2. The zero-order valence-electron chi connectivity index (χ0n) is 12.3. The predicted octanol–water partition coefficient (Wildman–Crippen LogP) is 2.17. The van der Waals surface area contributed by atoms with Crippen molar-refractivity contribution >= 4 is 11.6 Å². The fourth-order valence-corrected chi connectivity index (χ4v) is 2.22. The fraction of sp³-hybridized carbons (Fsp3) is 0.250. The third kappa shape index (κ3) is 3.58. The molecule has 0 atom stereocenters. The highest BCUT2D eigenvalue weighted by atomic mass is 16.1. The van der Waals surface area contributed by atoms with E-state index < -0.39 is 0 Å². The first-order chi connectivity index (χ1) is 10.2. The van der Waals surface area contributed by atoms with Gasteiger partial charge in [-0.15, -0.1) is 0 Å². The molecule has 4 N–H and O–H groups in total. The van der Waals surface area contributed by atoms with Gasteiger partial charge < -0.3 is 10.7 Å². The van der Waals surface area contributed by atoms with Crippen LogP contribution in [0.1, 0.15) is 34.1 Å². The summed E-state index contributed by atoms with van der Waals surface area (Å²) < 4.78 is 0. The van der Waals surface area contributed by atoms with E-state index in [0.717, 1.165) is 28.9 Å². The van der Waals surface area contributed by atoms with Crippen molar-refractivity contribution in [3.63, 3.8) is 0 Å². The van der Waals surface area contributed by atoms with E-state index in [9.17, 15) is 4.79 Å². The second-order valence-corrected chi connectivity index (χ2v) is 4.82. The van der Waals surface area contributed by atoms with Crippen molar-refractivity contribution < 1.29 is 4.79 Å². The van der Waals surface area contributed by atoms with Gasteiger partial charge in [-0.1, -0.05) is 13.0 Å². The van der Waals surface area contributed by atoms with Gasteiger partial charge in [-0.05, 0) is 48.7 Å². The predicted molar refractivity (Wildman–Crippen MR) is 83.8 cm³/mol. The van der Waals surface area contributed by atoms with Crippen LogP contribution in [0.15, 0.2) is 36.5 Å². The highest BCUT2D eigenvalue weighted by Gasteiger charge is 2.10. The lowest BCUT2D eigenvalue weighted by molar-refractivity contribution is 0.0950. The van der Waals surface area contributed by atoms with Crippen molar-refractivity contribution in [3.8, 4) is 0 Å². The number of hydrazine groups is 1. The zero-order chi connectivity index (χ0) is 15.2. The first kappa shape index (κ1) is 15.0. The summed E-state index contributed by atoms with van der Waals surface area (Å²) in [6.07, 6.45) is 2.64. The van der Waals surface area contributed by atoms with Crippen molar-refractivity contribution in [2.24, 2.45) is 5.84 Å². The van der Waals surface area contributed by atoms with Crippen LogP contribution in [0.5, 0.6) is 0 Å². The Morgan fingerprint density at radius 1 is 1.33 bits per heavy atom. The minimum absolute atomic E-state index is 0.108. The summed E-state index contributed by atoms with van der Waals surface area (Å²) in [5.74, 6) is 5.25. The van der Waals surface area contributed by atoms with E-state index in [2.05, 4.69) is 22.7 Å². The number of carbonyl (C=O) groups excluding carboxylic acids is 1. The van der Waals surface area contributed by atoms with Gasteiger partial charge in [0.15, 0.2) is 0 Å². The number of rotatable bonds is 5. The van der Waals surface area contributed by atoms with Gasteiger partial charge >= 0.3 is 0 Å². The molecule has 0 aliphatic heterocycles. The number of nitrogens with two attached hydrogens (primary N) is 1. The van der Waals surface area contributed by atoms with Gasteiger partial charge in [0.1, 0.15) is 0 Å². The number of pyridine rings is 1. The Labute approximate surface area is 124 Å². The Kier molecular flexibility index (Phi) is 4.90. The summed E-state index contributed by atoms with van der Waals surface area (Å²) in [5, 5.41) is 2.92. The summed E-state index contributed by atoms with van der Waals surface area (Å²) >= 11 is 0. The normalized spacial score (nSPS) is 10.2. The van der Waals surface area contributed by atoms with Gasteiger partial charge in [0.2, 0.25) is 0 Å². The average Bonchev–Trinajstić information content (AvgIpc) is 2.52. The number of hydrogen-bond donors (Lipinski definition) is 3. The minimum atomic E-state index is -0.108. The van der Waals surface area contributed by atoms with Gasteiger partial charge in [-0.2, -0.15) is 0 Å². The molecule has 110 valence electrons. The Hall–Kier alpha value is -2.40. The number of aryl methyl sites for hydroxylation is 2. The number of carbonyl (C=O) groups is 1. The maximum Gasteiger partial charge on any atom is 0.251 e. The van der Waals surface area contributed by atoms with Gasteiger partial charge in [0.05, 0.1) is 12.2 Å². The number of hydrogen-bond acceptors (Lipinski definition) is 4. The van der Waals surface area contributed by atoms with Crippen LogP contribution in [0.25, 0.3) is 0 Å². The molecule has 0 bridgehead atoms. The molecule has 1 amide bonds. The van der Waals surface area contributed by atoms with E-state index in [-0.39, 0.29) is 5.91 Å². The van der Waals surface area contributed by atoms with E-state index in [1.165, 1.54) is 0 Å². The first-order valence-electron chi connectivity index (χ1n) is 6.94. The number of benzene rings is 1. The highest BCUT2D eigenvalue weighted by Crippen LogP contribution is 2.14. The summed E-state index contributed by atoms with van der Waals surface area (Å²) in [5.41, 5.74) is 6.92. The average molecular weight is 284 g/mol. The first-order valence-corrected chi connectivity index (χ1v) is 6.94. The Morgan fingerprint density at radius 3 is 2.81 bits per heavy atom. The van der Waals surface area contributed by atoms with Crippen molar-refractivity contribution in [1.82, 2.24) is 10.3 Å². The molecule has 5 heteroatoms. The molecule has 0 saturated heterocycles. The molecule has 2 rings (SSSR count). The van der Waals surface area contributed by atoms with Crippen molar-refractivity contribution in [2.75, 3.05) is 5.43 Å². The van der Waals surface area contributed by atoms with E-state index in [4.69, 9.17) is 5.84 Å². The summed E-state index contributed by atoms with van der Waals surface area (Å²) in [6.45, 7) is 4.39. The summed E-state index contributed by atoms with van der Waals surface area (Å²) in [7, 11) is 0. The van der Waals surface area contributed by atoms with Gasteiger partial charge in [0, 0.05) is 17.4 Å². The van der Waals surface area contributed by atoms with Crippen LogP contribution in [-0.2, 0) is 13.0 Å². The molecular weight excluding hydrogens is 264 g/mol. The topological polar surface area (TPSA) is 80.0 Å². The van der Waals surface area contributed by atoms with Crippen LogP contribution in [0.4, 0.5) is 5.69 Å².